The van der Waals surface area contributed by atoms with Crippen LogP contribution in [0.25, 0.3) is 0 Å². The number of amides is 1. The van der Waals surface area contributed by atoms with Crippen LogP contribution < -0.4 is 5.32 Å². The molecule has 4 heteroatoms. The molecule has 2 aromatic rings. The van der Waals surface area contributed by atoms with Crippen molar-refractivity contribution in [1.29, 1.82) is 0 Å². The number of hydrogen-bond acceptors (Lipinski definition) is 1. The maximum absolute atomic E-state index is 13.1. The molecule has 1 saturated carbocycles. The zero-order valence-electron chi connectivity index (χ0n) is 12.1. The molecule has 1 amide bonds. The van der Waals surface area contributed by atoms with Crippen molar-refractivity contribution in [2.75, 3.05) is 6.54 Å². The summed E-state index contributed by atoms with van der Waals surface area (Å²) in [5.41, 5.74) is 1.94. The van der Waals surface area contributed by atoms with Crippen LogP contribution in [0, 0.1) is 5.82 Å². The molecule has 0 saturated heterocycles. The van der Waals surface area contributed by atoms with Crippen LogP contribution in [0.1, 0.15) is 24.0 Å². The second-order valence-corrected chi connectivity index (χ2v) is 6.31. The molecule has 0 aromatic heterocycles. The van der Waals surface area contributed by atoms with E-state index < -0.39 is 0 Å². The average Bonchev–Trinajstić information content (AvgIpc) is 3.27. The first-order valence-corrected chi connectivity index (χ1v) is 7.72. The molecule has 0 aliphatic heterocycles. The van der Waals surface area contributed by atoms with Crippen LogP contribution in [0.2, 0.25) is 5.02 Å². The Morgan fingerprint density at radius 1 is 1.18 bits per heavy atom. The van der Waals surface area contributed by atoms with Gasteiger partial charge in [0.15, 0.2) is 0 Å². The van der Waals surface area contributed by atoms with E-state index in [9.17, 15) is 9.18 Å². The van der Waals surface area contributed by atoms with Crippen molar-refractivity contribution in [3.8, 4) is 0 Å². The van der Waals surface area contributed by atoms with Crippen molar-refractivity contribution in [2.24, 2.45) is 0 Å². The Hall–Kier alpha value is -1.87. The summed E-state index contributed by atoms with van der Waals surface area (Å²) in [6.07, 6.45) is 2.33. The van der Waals surface area contributed by atoms with E-state index in [0.717, 1.165) is 17.9 Å². The minimum atomic E-state index is -0.315. The highest BCUT2D eigenvalue weighted by Crippen LogP contribution is 2.47. The fourth-order valence-electron chi connectivity index (χ4n) is 2.68. The van der Waals surface area contributed by atoms with Gasteiger partial charge in [-0.25, -0.2) is 4.39 Å². The van der Waals surface area contributed by atoms with Gasteiger partial charge in [0.2, 0.25) is 5.91 Å². The third-order valence-corrected chi connectivity index (χ3v) is 4.44. The molecule has 114 valence electrons. The number of hydrogen-bond donors (Lipinski definition) is 1. The van der Waals surface area contributed by atoms with E-state index in [2.05, 4.69) is 5.32 Å². The third kappa shape index (κ3) is 3.47. The van der Waals surface area contributed by atoms with Gasteiger partial charge >= 0.3 is 0 Å². The van der Waals surface area contributed by atoms with Gasteiger partial charge in [-0.3, -0.25) is 4.79 Å². The number of rotatable bonds is 5. The Bertz CT molecular complexity index is 680. The fourth-order valence-corrected chi connectivity index (χ4v) is 2.81. The number of benzene rings is 2. The van der Waals surface area contributed by atoms with E-state index >= 15 is 0 Å². The summed E-state index contributed by atoms with van der Waals surface area (Å²) in [7, 11) is 0. The zero-order chi connectivity index (χ0) is 15.6. The van der Waals surface area contributed by atoms with Crippen LogP contribution in [-0.4, -0.2) is 12.5 Å². The van der Waals surface area contributed by atoms with Crippen LogP contribution >= 0.6 is 11.6 Å². The van der Waals surface area contributed by atoms with Crippen molar-refractivity contribution < 1.29 is 9.18 Å². The molecular weight excluding hydrogens is 301 g/mol. The molecule has 2 nitrogen and oxygen atoms in total. The number of carbonyl (C=O) groups excluding carboxylic acids is 1. The van der Waals surface area contributed by atoms with Gasteiger partial charge in [-0.2, -0.15) is 0 Å². The summed E-state index contributed by atoms with van der Waals surface area (Å²) < 4.78 is 13.1. The Morgan fingerprint density at radius 2 is 1.91 bits per heavy atom. The lowest BCUT2D eigenvalue weighted by atomic mass is 9.96. The number of nitrogens with one attached hydrogen (secondary N) is 1. The van der Waals surface area contributed by atoms with Crippen LogP contribution in [0.15, 0.2) is 48.5 Å². The fraction of sp³-hybridized carbons (Fsp3) is 0.278. The van der Waals surface area contributed by atoms with Gasteiger partial charge in [0, 0.05) is 17.0 Å². The van der Waals surface area contributed by atoms with Gasteiger partial charge in [0.05, 0.1) is 6.42 Å². The number of halogens is 2. The molecule has 0 atom stereocenters. The lowest BCUT2D eigenvalue weighted by molar-refractivity contribution is -0.120. The van der Waals surface area contributed by atoms with E-state index in [0.29, 0.717) is 12.1 Å². The molecule has 0 unspecified atom stereocenters. The molecular formula is C18H17ClFNO. The molecule has 1 aliphatic carbocycles. The summed E-state index contributed by atoms with van der Waals surface area (Å²) in [5, 5.41) is 3.69. The van der Waals surface area contributed by atoms with E-state index in [1.807, 2.05) is 24.3 Å². The summed E-state index contributed by atoms with van der Waals surface area (Å²) in [6.45, 7) is 0.614. The smallest absolute Gasteiger partial charge is 0.224 e. The van der Waals surface area contributed by atoms with E-state index in [4.69, 9.17) is 11.6 Å². The molecule has 0 radical (unpaired) electrons. The molecule has 1 N–H and O–H groups in total. The largest absolute Gasteiger partial charge is 0.355 e. The second-order valence-electron chi connectivity index (χ2n) is 5.87. The summed E-state index contributed by atoms with van der Waals surface area (Å²) in [5.74, 6) is -0.393. The first kappa shape index (κ1) is 15.0. The topological polar surface area (TPSA) is 29.1 Å². The van der Waals surface area contributed by atoms with Crippen molar-refractivity contribution in [1.82, 2.24) is 5.32 Å². The van der Waals surface area contributed by atoms with Crippen molar-refractivity contribution in [3.63, 3.8) is 0 Å². The maximum Gasteiger partial charge on any atom is 0.224 e. The van der Waals surface area contributed by atoms with Crippen molar-refractivity contribution >= 4 is 17.5 Å². The highest BCUT2D eigenvalue weighted by molar-refractivity contribution is 6.30. The highest BCUT2D eigenvalue weighted by Gasteiger charge is 2.44. The first-order valence-electron chi connectivity index (χ1n) is 7.35. The van der Waals surface area contributed by atoms with Gasteiger partial charge < -0.3 is 5.32 Å². The molecule has 1 fully saturated rings. The standard InChI is InChI=1S/C18H17ClFNO/c19-15-6-4-14(5-7-15)18(8-9-18)12-21-17(22)11-13-2-1-3-16(20)10-13/h1-7,10H,8-9,11-12H2,(H,21,22). The molecule has 0 bridgehead atoms. The molecule has 22 heavy (non-hydrogen) atoms. The maximum atomic E-state index is 13.1. The van der Waals surface area contributed by atoms with E-state index in [-0.39, 0.29) is 23.6 Å². The Kier molecular flexibility index (Phi) is 4.16. The SMILES string of the molecule is O=C(Cc1cccc(F)c1)NCC1(c2ccc(Cl)cc2)CC1. The van der Waals surface area contributed by atoms with Gasteiger partial charge in [-0.15, -0.1) is 0 Å². The van der Waals surface area contributed by atoms with Gasteiger partial charge in [0.1, 0.15) is 5.82 Å². The zero-order valence-corrected chi connectivity index (χ0v) is 12.9. The summed E-state index contributed by atoms with van der Waals surface area (Å²) in [6, 6.07) is 14.0. The predicted octanol–water partition coefficient (Wildman–Crippen LogP) is 3.87. The molecule has 0 spiro atoms. The monoisotopic (exact) mass is 317 g/mol. The number of carbonyl (C=O) groups is 1. The lowest BCUT2D eigenvalue weighted by Gasteiger charge is -2.17. The Labute approximate surface area is 134 Å². The Morgan fingerprint density at radius 3 is 2.55 bits per heavy atom. The third-order valence-electron chi connectivity index (χ3n) is 4.19. The highest BCUT2D eigenvalue weighted by atomic mass is 35.5. The van der Waals surface area contributed by atoms with Crippen LogP contribution in [-0.2, 0) is 16.6 Å². The molecule has 0 heterocycles. The van der Waals surface area contributed by atoms with Crippen molar-refractivity contribution in [2.45, 2.75) is 24.7 Å². The summed E-state index contributed by atoms with van der Waals surface area (Å²) in [4.78, 5) is 12.0. The quantitative estimate of drug-likeness (QED) is 0.891. The first-order chi connectivity index (χ1) is 10.6. The van der Waals surface area contributed by atoms with Gasteiger partial charge in [0.25, 0.3) is 0 Å². The average molecular weight is 318 g/mol. The van der Waals surface area contributed by atoms with Crippen molar-refractivity contribution in [3.05, 3.63) is 70.5 Å². The summed E-state index contributed by atoms with van der Waals surface area (Å²) >= 11 is 5.91. The predicted molar refractivity (Wildman–Crippen MR) is 85.5 cm³/mol. The van der Waals surface area contributed by atoms with E-state index in [1.165, 1.54) is 17.7 Å². The van der Waals surface area contributed by atoms with Gasteiger partial charge in [-0.05, 0) is 48.2 Å². The minimum Gasteiger partial charge on any atom is -0.355 e. The molecule has 2 aromatic carbocycles. The molecule has 3 rings (SSSR count). The lowest BCUT2D eigenvalue weighted by Crippen LogP contribution is -2.33. The van der Waals surface area contributed by atoms with Gasteiger partial charge in [-0.1, -0.05) is 35.9 Å². The van der Waals surface area contributed by atoms with E-state index in [1.54, 1.807) is 12.1 Å². The normalized spacial score (nSPS) is 15.4. The minimum absolute atomic E-state index is 0.0438. The van der Waals surface area contributed by atoms with Crippen LogP contribution in [0.5, 0.6) is 0 Å². The molecule has 1 aliphatic rings. The Balaban J connectivity index is 1.58. The van der Waals surface area contributed by atoms with Crippen LogP contribution in [0.4, 0.5) is 4.39 Å². The second kappa shape index (κ2) is 6.09. The van der Waals surface area contributed by atoms with Crippen LogP contribution in [0.3, 0.4) is 0 Å².